The van der Waals surface area contributed by atoms with Gasteiger partial charge in [0.15, 0.2) is 6.10 Å². The molecule has 1 saturated carbocycles. The van der Waals surface area contributed by atoms with Gasteiger partial charge in [0.25, 0.3) is 0 Å². The summed E-state index contributed by atoms with van der Waals surface area (Å²) in [6.07, 6.45) is 20.3. The smallest absolute Gasteiger partial charge is 0.338 e. The van der Waals surface area contributed by atoms with Crippen LogP contribution < -0.4 is 0 Å². The van der Waals surface area contributed by atoms with Crippen LogP contribution in [0, 0.1) is 18.3 Å². The van der Waals surface area contributed by atoms with Crippen molar-refractivity contribution in [3.63, 3.8) is 0 Å². The Morgan fingerprint density at radius 1 is 0.968 bits per heavy atom. The molecule has 1 aliphatic carbocycles. The van der Waals surface area contributed by atoms with Gasteiger partial charge in [-0.3, -0.25) is 4.79 Å². The standard InChI is InChI=1S/C28H40O3/c1-4-7-8-9-10-11-13-22-14-16-23(17-15-22)24-18-20-25(21-19-24)28(30)31-27(12-5-2)26(29)6-3/h3,18-23,27H,4-5,7-17H2,1-2H3/t22-,23-,27?. The zero-order valence-corrected chi connectivity index (χ0v) is 19.5. The van der Waals surface area contributed by atoms with Gasteiger partial charge in [-0.1, -0.05) is 77.3 Å². The summed E-state index contributed by atoms with van der Waals surface area (Å²) in [7, 11) is 0. The number of terminal acetylenes is 1. The fourth-order valence-corrected chi connectivity index (χ4v) is 4.69. The average Bonchev–Trinajstić information content (AvgIpc) is 2.81. The Morgan fingerprint density at radius 3 is 2.23 bits per heavy atom. The Hall–Kier alpha value is -2.08. The predicted molar refractivity (Wildman–Crippen MR) is 127 cm³/mol. The van der Waals surface area contributed by atoms with Crippen LogP contribution in [0.5, 0.6) is 0 Å². The second-order valence-corrected chi connectivity index (χ2v) is 9.09. The highest BCUT2D eigenvalue weighted by Crippen LogP contribution is 2.37. The summed E-state index contributed by atoms with van der Waals surface area (Å²) in [5, 5.41) is 0. The summed E-state index contributed by atoms with van der Waals surface area (Å²) in [6, 6.07) is 7.74. The van der Waals surface area contributed by atoms with Crippen LogP contribution in [0.1, 0.15) is 119 Å². The molecule has 0 spiro atoms. The lowest BCUT2D eigenvalue weighted by Gasteiger charge is -2.29. The van der Waals surface area contributed by atoms with Crippen molar-refractivity contribution in [1.82, 2.24) is 0 Å². The molecule has 170 valence electrons. The number of ketones is 1. The number of carbonyl (C=O) groups is 2. The minimum atomic E-state index is -0.843. The number of hydrogen-bond donors (Lipinski definition) is 0. The van der Waals surface area contributed by atoms with Gasteiger partial charge in [0.05, 0.1) is 5.56 Å². The van der Waals surface area contributed by atoms with Crippen molar-refractivity contribution in [2.45, 2.75) is 109 Å². The minimum Gasteiger partial charge on any atom is -0.450 e. The summed E-state index contributed by atoms with van der Waals surface area (Å²) < 4.78 is 5.37. The van der Waals surface area contributed by atoms with Gasteiger partial charge >= 0.3 is 5.97 Å². The molecule has 1 atom stereocenters. The molecule has 0 radical (unpaired) electrons. The van der Waals surface area contributed by atoms with Crippen LogP contribution in [0.4, 0.5) is 0 Å². The quantitative estimate of drug-likeness (QED) is 0.145. The van der Waals surface area contributed by atoms with Crippen LogP contribution in [0.2, 0.25) is 0 Å². The van der Waals surface area contributed by atoms with E-state index in [-0.39, 0.29) is 0 Å². The molecule has 0 N–H and O–H groups in total. The molecule has 0 aromatic heterocycles. The van der Waals surface area contributed by atoms with Gasteiger partial charge in [-0.05, 0) is 67.6 Å². The van der Waals surface area contributed by atoms with Crippen molar-refractivity contribution >= 4 is 11.8 Å². The lowest BCUT2D eigenvalue weighted by molar-refractivity contribution is -0.122. The summed E-state index contributed by atoms with van der Waals surface area (Å²) in [5.41, 5.74) is 1.78. The van der Waals surface area contributed by atoms with Gasteiger partial charge in [0.1, 0.15) is 0 Å². The van der Waals surface area contributed by atoms with Crippen LogP contribution in [0.25, 0.3) is 0 Å². The van der Waals surface area contributed by atoms with Crippen molar-refractivity contribution < 1.29 is 14.3 Å². The van der Waals surface area contributed by atoms with Gasteiger partial charge in [-0.25, -0.2) is 4.79 Å². The molecule has 0 heterocycles. The first kappa shape index (κ1) is 25.2. The third-order valence-electron chi connectivity index (χ3n) is 6.67. The molecule has 0 bridgehead atoms. The van der Waals surface area contributed by atoms with Crippen molar-refractivity contribution in [1.29, 1.82) is 0 Å². The number of hydrogen-bond acceptors (Lipinski definition) is 3. The van der Waals surface area contributed by atoms with E-state index in [1.807, 2.05) is 31.2 Å². The van der Waals surface area contributed by atoms with Crippen molar-refractivity contribution in [2.75, 3.05) is 0 Å². The van der Waals surface area contributed by atoms with Gasteiger partial charge in [0, 0.05) is 0 Å². The molecule has 0 aliphatic heterocycles. The topological polar surface area (TPSA) is 43.4 Å². The van der Waals surface area contributed by atoms with Gasteiger partial charge in [-0.2, -0.15) is 0 Å². The molecule has 2 rings (SSSR count). The maximum Gasteiger partial charge on any atom is 0.338 e. The molecular formula is C28H40O3. The second-order valence-electron chi connectivity index (χ2n) is 9.09. The molecule has 31 heavy (non-hydrogen) atoms. The average molecular weight is 425 g/mol. The first-order valence-electron chi connectivity index (χ1n) is 12.4. The van der Waals surface area contributed by atoms with E-state index in [9.17, 15) is 9.59 Å². The van der Waals surface area contributed by atoms with Crippen LogP contribution in [-0.2, 0) is 9.53 Å². The maximum absolute atomic E-state index is 12.4. The number of unbranched alkanes of at least 4 members (excludes halogenated alkanes) is 5. The van der Waals surface area contributed by atoms with Crippen molar-refractivity contribution in [3.8, 4) is 12.3 Å². The Morgan fingerprint density at radius 2 is 1.61 bits per heavy atom. The van der Waals surface area contributed by atoms with Crippen molar-refractivity contribution in [2.24, 2.45) is 5.92 Å². The van der Waals surface area contributed by atoms with E-state index in [0.29, 0.717) is 17.9 Å². The number of esters is 1. The fraction of sp³-hybridized carbons (Fsp3) is 0.643. The van der Waals surface area contributed by atoms with Gasteiger partial charge in [-0.15, -0.1) is 6.42 Å². The Balaban J connectivity index is 1.77. The van der Waals surface area contributed by atoms with Crippen LogP contribution in [0.15, 0.2) is 24.3 Å². The molecule has 1 aromatic carbocycles. The van der Waals surface area contributed by atoms with Crippen LogP contribution in [0.3, 0.4) is 0 Å². The van der Waals surface area contributed by atoms with E-state index in [0.717, 1.165) is 12.3 Å². The summed E-state index contributed by atoms with van der Waals surface area (Å²) in [6.45, 7) is 4.20. The van der Waals surface area contributed by atoms with E-state index < -0.39 is 17.9 Å². The number of rotatable bonds is 13. The maximum atomic E-state index is 12.4. The van der Waals surface area contributed by atoms with Crippen LogP contribution >= 0.6 is 0 Å². The van der Waals surface area contributed by atoms with E-state index in [2.05, 4.69) is 12.8 Å². The van der Waals surface area contributed by atoms with Gasteiger partial charge in [0.2, 0.25) is 5.78 Å². The number of benzene rings is 1. The summed E-state index contributed by atoms with van der Waals surface area (Å²) >= 11 is 0. The number of Topliss-reactive ketones (excluding diaryl/α,β-unsaturated/α-hetero) is 1. The first-order chi connectivity index (χ1) is 15.1. The molecule has 0 amide bonds. The fourth-order valence-electron chi connectivity index (χ4n) is 4.69. The van der Waals surface area contributed by atoms with Crippen LogP contribution in [-0.4, -0.2) is 17.9 Å². The highest BCUT2D eigenvalue weighted by Gasteiger charge is 2.24. The van der Waals surface area contributed by atoms with Crippen molar-refractivity contribution in [3.05, 3.63) is 35.4 Å². The van der Waals surface area contributed by atoms with Gasteiger partial charge < -0.3 is 4.74 Å². The summed E-state index contributed by atoms with van der Waals surface area (Å²) in [4.78, 5) is 24.2. The van der Waals surface area contributed by atoms with E-state index >= 15 is 0 Å². The molecule has 3 heteroatoms. The van der Waals surface area contributed by atoms with E-state index in [4.69, 9.17) is 11.2 Å². The number of carbonyl (C=O) groups excluding carboxylic acids is 2. The zero-order valence-electron chi connectivity index (χ0n) is 19.5. The minimum absolute atomic E-state index is 0.453. The SMILES string of the molecule is C#CC(=O)C(CCC)OC(=O)c1ccc([C@H]2CC[C@H](CCCCCCCC)CC2)cc1. The Bertz CT molecular complexity index is 705. The third kappa shape index (κ3) is 8.52. The monoisotopic (exact) mass is 424 g/mol. The van der Waals surface area contributed by atoms with E-state index in [1.54, 1.807) is 0 Å². The molecule has 1 aromatic rings. The molecule has 0 saturated heterocycles. The lowest BCUT2D eigenvalue weighted by atomic mass is 9.77. The third-order valence-corrected chi connectivity index (χ3v) is 6.67. The zero-order chi connectivity index (χ0) is 22.5. The summed E-state index contributed by atoms with van der Waals surface area (Å²) in [5.74, 6) is 2.60. The molecule has 3 nitrogen and oxygen atoms in total. The van der Waals surface area contributed by atoms with E-state index in [1.165, 1.54) is 76.2 Å². The first-order valence-corrected chi connectivity index (χ1v) is 12.4. The molecule has 1 fully saturated rings. The number of ether oxygens (including phenoxy) is 1. The Kier molecular flexibility index (Phi) is 11.4. The Labute approximate surface area is 189 Å². The molecule has 1 aliphatic rings. The highest BCUT2D eigenvalue weighted by atomic mass is 16.5. The molecule has 1 unspecified atom stereocenters. The highest BCUT2D eigenvalue weighted by molar-refractivity contribution is 6.00. The molecular weight excluding hydrogens is 384 g/mol. The lowest BCUT2D eigenvalue weighted by Crippen LogP contribution is -2.26. The predicted octanol–water partition coefficient (Wildman–Crippen LogP) is 7.24. The normalized spacial score (nSPS) is 19.4. The second kappa shape index (κ2) is 14.1. The largest absolute Gasteiger partial charge is 0.450 e.